The van der Waals surface area contributed by atoms with E-state index in [2.05, 4.69) is 5.32 Å². The van der Waals surface area contributed by atoms with Crippen molar-refractivity contribution in [3.05, 3.63) is 17.7 Å². The standard InChI is InChI=1S/C16H24BNO6/c1-16(2,3)24-15(21)18-11(8-19)4-5-22-13-7-12(20)6-10-9-23-17-14(10)13/h6-7,11,17,19-20H,4-5,8-9H2,1-3H3,(H,18,21). The summed E-state index contributed by atoms with van der Waals surface area (Å²) < 4.78 is 16.2. The van der Waals surface area contributed by atoms with E-state index in [0.717, 1.165) is 11.0 Å². The van der Waals surface area contributed by atoms with E-state index in [9.17, 15) is 15.0 Å². The highest BCUT2D eigenvalue weighted by atomic mass is 16.6. The van der Waals surface area contributed by atoms with E-state index < -0.39 is 17.7 Å². The van der Waals surface area contributed by atoms with E-state index >= 15 is 0 Å². The van der Waals surface area contributed by atoms with Crippen LogP contribution in [-0.2, 0) is 16.0 Å². The minimum Gasteiger partial charge on any atom is -0.508 e. The topological polar surface area (TPSA) is 97.3 Å². The Morgan fingerprint density at radius 1 is 1.46 bits per heavy atom. The van der Waals surface area contributed by atoms with E-state index in [4.69, 9.17) is 14.1 Å². The van der Waals surface area contributed by atoms with Gasteiger partial charge in [-0.05, 0) is 37.9 Å². The van der Waals surface area contributed by atoms with Gasteiger partial charge in [0, 0.05) is 12.5 Å². The second-order valence-electron chi connectivity index (χ2n) is 6.74. The molecule has 132 valence electrons. The lowest BCUT2D eigenvalue weighted by Crippen LogP contribution is -2.41. The number of carbonyl (C=O) groups is 1. The molecular formula is C16H24BNO6. The Morgan fingerprint density at radius 2 is 2.21 bits per heavy atom. The number of ether oxygens (including phenoxy) is 2. The van der Waals surface area contributed by atoms with E-state index in [-0.39, 0.29) is 19.0 Å². The van der Waals surface area contributed by atoms with E-state index in [0.29, 0.717) is 26.3 Å². The summed E-state index contributed by atoms with van der Waals surface area (Å²) in [5, 5.41) is 21.7. The van der Waals surface area contributed by atoms with Crippen molar-refractivity contribution in [3.8, 4) is 11.5 Å². The number of phenolic OH excluding ortho intramolecular Hbond substituents is 1. The average Bonchev–Trinajstić information content (AvgIpc) is 2.92. The average molecular weight is 337 g/mol. The molecule has 2 rings (SSSR count). The molecule has 0 spiro atoms. The third-order valence-corrected chi connectivity index (χ3v) is 3.46. The van der Waals surface area contributed by atoms with Gasteiger partial charge in [0.25, 0.3) is 0 Å². The first-order chi connectivity index (χ1) is 11.3. The number of rotatable bonds is 6. The van der Waals surface area contributed by atoms with Crippen molar-refractivity contribution in [2.24, 2.45) is 0 Å². The Kier molecular flexibility index (Phi) is 5.96. The molecule has 1 aliphatic heterocycles. The fourth-order valence-electron chi connectivity index (χ4n) is 2.37. The van der Waals surface area contributed by atoms with Crippen molar-refractivity contribution in [1.29, 1.82) is 0 Å². The molecule has 3 N–H and O–H groups in total. The van der Waals surface area contributed by atoms with Crippen LogP contribution in [0.1, 0.15) is 32.8 Å². The van der Waals surface area contributed by atoms with Crippen LogP contribution in [0.2, 0.25) is 0 Å². The normalized spacial score (nSPS) is 14.5. The van der Waals surface area contributed by atoms with Crippen molar-refractivity contribution in [3.63, 3.8) is 0 Å². The third-order valence-electron chi connectivity index (χ3n) is 3.46. The summed E-state index contributed by atoms with van der Waals surface area (Å²) in [6.07, 6.45) is -0.172. The van der Waals surface area contributed by atoms with Crippen LogP contribution in [0.15, 0.2) is 12.1 Å². The molecule has 1 atom stereocenters. The fourth-order valence-corrected chi connectivity index (χ4v) is 2.37. The molecule has 0 aromatic heterocycles. The van der Waals surface area contributed by atoms with E-state index in [1.54, 1.807) is 32.9 Å². The third kappa shape index (κ3) is 5.31. The molecule has 0 radical (unpaired) electrons. The number of alkyl carbamates (subject to hydrolysis) is 1. The monoisotopic (exact) mass is 337 g/mol. The molecule has 0 saturated carbocycles. The van der Waals surface area contributed by atoms with Crippen LogP contribution in [0.3, 0.4) is 0 Å². The first-order valence-corrected chi connectivity index (χ1v) is 7.94. The van der Waals surface area contributed by atoms with Gasteiger partial charge >= 0.3 is 13.6 Å². The molecule has 8 heteroatoms. The molecule has 1 unspecified atom stereocenters. The summed E-state index contributed by atoms with van der Waals surface area (Å²) in [5.41, 5.74) is 1.24. The first-order valence-electron chi connectivity index (χ1n) is 7.94. The van der Waals surface area contributed by atoms with Gasteiger partial charge in [0.05, 0.1) is 25.9 Å². The largest absolute Gasteiger partial charge is 0.508 e. The van der Waals surface area contributed by atoms with Crippen molar-refractivity contribution < 1.29 is 29.1 Å². The molecule has 1 aromatic rings. The number of hydrogen-bond donors (Lipinski definition) is 3. The number of fused-ring (bicyclic) bond motifs is 1. The summed E-state index contributed by atoms with van der Waals surface area (Å²) in [5.74, 6) is 0.691. The molecule has 1 aliphatic rings. The Bertz CT molecular complexity index is 587. The molecule has 0 bridgehead atoms. The van der Waals surface area contributed by atoms with Gasteiger partial charge in [0.1, 0.15) is 17.1 Å². The maximum atomic E-state index is 11.7. The van der Waals surface area contributed by atoms with E-state index in [1.807, 2.05) is 0 Å². The van der Waals surface area contributed by atoms with Crippen molar-refractivity contribution >= 4 is 19.0 Å². The van der Waals surface area contributed by atoms with Gasteiger partial charge in [-0.3, -0.25) is 0 Å². The summed E-state index contributed by atoms with van der Waals surface area (Å²) in [7, 11) is 0.449. The first kappa shape index (κ1) is 18.4. The molecule has 1 aromatic carbocycles. The number of hydrogen-bond acceptors (Lipinski definition) is 6. The lowest BCUT2D eigenvalue weighted by Gasteiger charge is -2.23. The SMILES string of the molecule is CC(C)(C)OC(=O)NC(CO)CCOc1cc(O)cc2c1BOC2. The summed E-state index contributed by atoms with van der Waals surface area (Å²) in [6.45, 7) is 5.83. The van der Waals surface area contributed by atoms with Gasteiger partial charge in [-0.25, -0.2) is 4.79 Å². The van der Waals surface area contributed by atoms with Gasteiger partial charge in [-0.15, -0.1) is 0 Å². The molecule has 0 aliphatic carbocycles. The number of nitrogens with one attached hydrogen (secondary N) is 1. The van der Waals surface area contributed by atoms with Crippen LogP contribution < -0.4 is 15.5 Å². The fraction of sp³-hybridized carbons (Fsp3) is 0.562. The van der Waals surface area contributed by atoms with Gasteiger partial charge in [0.2, 0.25) is 0 Å². The number of carbonyl (C=O) groups excluding carboxylic acids is 1. The second-order valence-corrected chi connectivity index (χ2v) is 6.74. The highest BCUT2D eigenvalue weighted by Crippen LogP contribution is 2.23. The summed E-state index contributed by atoms with van der Waals surface area (Å²) in [4.78, 5) is 11.7. The summed E-state index contributed by atoms with van der Waals surface area (Å²) in [6, 6.07) is 2.74. The van der Waals surface area contributed by atoms with Gasteiger partial charge in [-0.2, -0.15) is 0 Å². The number of amides is 1. The smallest absolute Gasteiger partial charge is 0.407 e. The van der Waals surface area contributed by atoms with E-state index in [1.165, 1.54) is 0 Å². The minimum absolute atomic E-state index is 0.125. The number of aliphatic hydroxyl groups excluding tert-OH is 1. The van der Waals surface area contributed by atoms with Crippen molar-refractivity contribution in [2.75, 3.05) is 13.2 Å². The molecule has 1 heterocycles. The van der Waals surface area contributed by atoms with Crippen LogP contribution in [-0.4, -0.2) is 48.6 Å². The predicted octanol–water partition coefficient (Wildman–Crippen LogP) is 0.554. The molecular weight excluding hydrogens is 313 g/mol. The lowest BCUT2D eigenvalue weighted by molar-refractivity contribution is 0.0474. The molecule has 24 heavy (non-hydrogen) atoms. The molecule has 0 saturated heterocycles. The Morgan fingerprint density at radius 3 is 2.88 bits per heavy atom. The quantitative estimate of drug-likeness (QED) is 0.656. The number of aromatic hydroxyl groups is 1. The molecule has 1 amide bonds. The van der Waals surface area contributed by atoms with Crippen molar-refractivity contribution in [1.82, 2.24) is 5.32 Å². The van der Waals surface area contributed by atoms with Crippen molar-refractivity contribution in [2.45, 2.75) is 45.4 Å². The predicted molar refractivity (Wildman–Crippen MR) is 90.0 cm³/mol. The van der Waals surface area contributed by atoms with Gasteiger partial charge in [0.15, 0.2) is 0 Å². The van der Waals surface area contributed by atoms with Crippen LogP contribution in [0.5, 0.6) is 11.5 Å². The Balaban J connectivity index is 1.85. The van der Waals surface area contributed by atoms with Gasteiger partial charge < -0.3 is 29.7 Å². The maximum Gasteiger partial charge on any atom is 0.407 e. The molecule has 7 nitrogen and oxygen atoms in total. The highest BCUT2D eigenvalue weighted by molar-refractivity contribution is 6.50. The number of phenols is 1. The molecule has 0 fully saturated rings. The zero-order valence-corrected chi connectivity index (χ0v) is 14.3. The number of benzene rings is 1. The van der Waals surface area contributed by atoms with Crippen LogP contribution >= 0.6 is 0 Å². The lowest BCUT2D eigenvalue weighted by atomic mass is 9.86. The highest BCUT2D eigenvalue weighted by Gasteiger charge is 2.21. The van der Waals surface area contributed by atoms with Crippen LogP contribution in [0, 0.1) is 0 Å². The van der Waals surface area contributed by atoms with Crippen LogP contribution in [0.25, 0.3) is 0 Å². The summed E-state index contributed by atoms with van der Waals surface area (Å²) >= 11 is 0. The van der Waals surface area contributed by atoms with Gasteiger partial charge in [-0.1, -0.05) is 0 Å². The zero-order chi connectivity index (χ0) is 17.7. The zero-order valence-electron chi connectivity index (χ0n) is 14.3. The Labute approximate surface area is 142 Å². The Hall–Kier alpha value is -1.93. The second kappa shape index (κ2) is 7.76. The minimum atomic E-state index is -0.595. The number of aliphatic hydroxyl groups is 1. The maximum absolute atomic E-state index is 11.7. The van der Waals surface area contributed by atoms with Crippen LogP contribution in [0.4, 0.5) is 4.79 Å².